The van der Waals surface area contributed by atoms with Crippen LogP contribution in [-0.2, 0) is 24.7 Å². The molecule has 1 aromatic rings. The van der Waals surface area contributed by atoms with Crippen molar-refractivity contribution in [3.05, 3.63) is 29.8 Å². The zero-order valence-corrected chi connectivity index (χ0v) is 17.1. The molecule has 1 atom stereocenters. The predicted molar refractivity (Wildman–Crippen MR) is 102 cm³/mol. The SMILES string of the molecule is CC(NC(=O)c1ccc(S(=O)(=O)NC2CC2)cc1)C(=O)N1CCS(=O)(=O)CC1. The molecule has 11 heteroatoms. The highest BCUT2D eigenvalue weighted by Crippen LogP contribution is 2.22. The van der Waals surface area contributed by atoms with Crippen molar-refractivity contribution in [3.8, 4) is 0 Å². The van der Waals surface area contributed by atoms with Gasteiger partial charge in [-0.05, 0) is 44.0 Å². The van der Waals surface area contributed by atoms with Crippen molar-refractivity contribution in [2.75, 3.05) is 24.6 Å². The van der Waals surface area contributed by atoms with Crippen LogP contribution in [0.15, 0.2) is 29.2 Å². The standard InChI is InChI=1S/C17H23N3O6S2/c1-12(17(22)20-8-10-27(23,24)11-9-20)18-16(21)13-2-6-15(7-3-13)28(25,26)19-14-4-5-14/h2-3,6-7,12,14,19H,4-5,8-11H2,1H3,(H,18,21). The van der Waals surface area contributed by atoms with Crippen molar-refractivity contribution in [2.45, 2.75) is 36.7 Å². The van der Waals surface area contributed by atoms with E-state index < -0.39 is 31.8 Å². The average Bonchev–Trinajstić information content (AvgIpc) is 3.44. The van der Waals surface area contributed by atoms with E-state index in [9.17, 15) is 26.4 Å². The Morgan fingerprint density at radius 3 is 2.21 bits per heavy atom. The first-order valence-electron chi connectivity index (χ1n) is 9.00. The third-order valence-electron chi connectivity index (χ3n) is 4.70. The quantitative estimate of drug-likeness (QED) is 0.627. The molecule has 3 rings (SSSR count). The highest BCUT2D eigenvalue weighted by atomic mass is 32.2. The number of nitrogens with zero attached hydrogens (tertiary/aromatic N) is 1. The third kappa shape index (κ3) is 5.09. The summed E-state index contributed by atoms with van der Waals surface area (Å²) >= 11 is 0. The average molecular weight is 430 g/mol. The maximum Gasteiger partial charge on any atom is 0.251 e. The van der Waals surface area contributed by atoms with Gasteiger partial charge in [0.05, 0.1) is 16.4 Å². The second-order valence-electron chi connectivity index (χ2n) is 7.09. The smallest absolute Gasteiger partial charge is 0.251 e. The Labute approximate surface area is 164 Å². The summed E-state index contributed by atoms with van der Waals surface area (Å²) in [4.78, 5) is 26.3. The van der Waals surface area contributed by atoms with Gasteiger partial charge in [0, 0.05) is 24.7 Å². The van der Waals surface area contributed by atoms with E-state index in [0.717, 1.165) is 12.8 Å². The van der Waals surface area contributed by atoms with E-state index in [-0.39, 0.29) is 47.0 Å². The zero-order chi connectivity index (χ0) is 20.5. The molecule has 28 heavy (non-hydrogen) atoms. The van der Waals surface area contributed by atoms with Crippen LogP contribution in [0, 0.1) is 0 Å². The van der Waals surface area contributed by atoms with Crippen molar-refractivity contribution < 1.29 is 26.4 Å². The van der Waals surface area contributed by atoms with Crippen molar-refractivity contribution in [1.82, 2.24) is 14.9 Å². The molecule has 0 bridgehead atoms. The molecule has 1 heterocycles. The van der Waals surface area contributed by atoms with E-state index in [1.165, 1.54) is 36.1 Å². The molecule has 0 aromatic heterocycles. The van der Waals surface area contributed by atoms with Crippen LogP contribution in [0.3, 0.4) is 0 Å². The van der Waals surface area contributed by atoms with Gasteiger partial charge in [-0.15, -0.1) is 0 Å². The van der Waals surface area contributed by atoms with Gasteiger partial charge in [0.15, 0.2) is 9.84 Å². The number of amides is 2. The minimum absolute atomic E-state index is 0.00962. The van der Waals surface area contributed by atoms with Gasteiger partial charge in [0.2, 0.25) is 15.9 Å². The molecule has 1 aliphatic heterocycles. The summed E-state index contributed by atoms with van der Waals surface area (Å²) in [6.45, 7) is 1.76. The van der Waals surface area contributed by atoms with E-state index in [4.69, 9.17) is 0 Å². The van der Waals surface area contributed by atoms with Gasteiger partial charge in [0.1, 0.15) is 6.04 Å². The Morgan fingerprint density at radius 2 is 1.68 bits per heavy atom. The number of benzene rings is 1. The van der Waals surface area contributed by atoms with Gasteiger partial charge >= 0.3 is 0 Å². The van der Waals surface area contributed by atoms with Gasteiger partial charge < -0.3 is 10.2 Å². The fraction of sp³-hybridized carbons (Fsp3) is 0.529. The number of nitrogens with one attached hydrogen (secondary N) is 2. The normalized spacial score (nSPS) is 20.4. The zero-order valence-electron chi connectivity index (χ0n) is 15.4. The van der Waals surface area contributed by atoms with E-state index in [2.05, 4.69) is 10.0 Å². The molecule has 154 valence electrons. The summed E-state index contributed by atoms with van der Waals surface area (Å²) in [5, 5.41) is 2.57. The Balaban J connectivity index is 1.58. The van der Waals surface area contributed by atoms with Gasteiger partial charge in [-0.2, -0.15) is 0 Å². The van der Waals surface area contributed by atoms with Crippen LogP contribution >= 0.6 is 0 Å². The van der Waals surface area contributed by atoms with Crippen LogP contribution in [0.4, 0.5) is 0 Å². The molecule has 0 radical (unpaired) electrons. The fourth-order valence-corrected chi connectivity index (χ4v) is 5.33. The van der Waals surface area contributed by atoms with Crippen molar-refractivity contribution in [2.24, 2.45) is 0 Å². The molecule has 2 N–H and O–H groups in total. The Morgan fingerprint density at radius 1 is 1.11 bits per heavy atom. The summed E-state index contributed by atoms with van der Waals surface area (Å²) in [5.41, 5.74) is 0.228. The van der Waals surface area contributed by atoms with Crippen molar-refractivity contribution in [1.29, 1.82) is 0 Å². The first kappa shape index (κ1) is 20.7. The fourth-order valence-electron chi connectivity index (χ4n) is 2.82. The topological polar surface area (TPSA) is 130 Å². The molecule has 1 aromatic carbocycles. The van der Waals surface area contributed by atoms with Gasteiger partial charge in [0.25, 0.3) is 5.91 Å². The first-order valence-corrected chi connectivity index (χ1v) is 12.3. The minimum Gasteiger partial charge on any atom is -0.341 e. The summed E-state index contributed by atoms with van der Waals surface area (Å²) < 4.78 is 49.8. The number of carbonyl (C=O) groups is 2. The molecule has 0 spiro atoms. The lowest BCUT2D eigenvalue weighted by molar-refractivity contribution is -0.132. The Kier molecular flexibility index (Phi) is 5.78. The van der Waals surface area contributed by atoms with Crippen LogP contribution < -0.4 is 10.0 Å². The molecule has 1 unspecified atom stereocenters. The lowest BCUT2D eigenvalue weighted by Gasteiger charge is -2.29. The second-order valence-corrected chi connectivity index (χ2v) is 11.1. The van der Waals surface area contributed by atoms with E-state index >= 15 is 0 Å². The van der Waals surface area contributed by atoms with Crippen molar-refractivity contribution in [3.63, 3.8) is 0 Å². The van der Waals surface area contributed by atoms with E-state index in [1.54, 1.807) is 0 Å². The minimum atomic E-state index is -3.59. The van der Waals surface area contributed by atoms with Crippen LogP contribution in [0.2, 0.25) is 0 Å². The summed E-state index contributed by atoms with van der Waals surface area (Å²) in [6, 6.07) is 4.64. The molecular formula is C17H23N3O6S2. The highest BCUT2D eigenvalue weighted by Gasteiger charge is 2.29. The van der Waals surface area contributed by atoms with Crippen molar-refractivity contribution >= 4 is 31.7 Å². The maximum atomic E-state index is 12.4. The second kappa shape index (κ2) is 7.80. The number of rotatable bonds is 6. The van der Waals surface area contributed by atoms with E-state index in [1.807, 2.05) is 0 Å². The monoisotopic (exact) mass is 429 g/mol. The van der Waals surface area contributed by atoms with Crippen LogP contribution in [0.1, 0.15) is 30.1 Å². The summed E-state index contributed by atoms with van der Waals surface area (Å²) in [7, 11) is -6.69. The molecule has 2 amide bonds. The first-order chi connectivity index (χ1) is 13.1. The molecule has 1 saturated carbocycles. The predicted octanol–water partition coefficient (Wildman–Crippen LogP) is -0.497. The van der Waals surface area contributed by atoms with E-state index in [0.29, 0.717) is 0 Å². The Hall–Kier alpha value is -1.98. The van der Waals surface area contributed by atoms with Crippen LogP contribution in [0.25, 0.3) is 0 Å². The van der Waals surface area contributed by atoms with Crippen LogP contribution in [0.5, 0.6) is 0 Å². The molecular weight excluding hydrogens is 406 g/mol. The third-order valence-corrected chi connectivity index (χ3v) is 7.85. The van der Waals surface area contributed by atoms with Gasteiger partial charge in [-0.3, -0.25) is 9.59 Å². The summed E-state index contributed by atoms with van der Waals surface area (Å²) in [6.07, 6.45) is 1.66. The highest BCUT2D eigenvalue weighted by molar-refractivity contribution is 7.91. The van der Waals surface area contributed by atoms with Gasteiger partial charge in [-0.1, -0.05) is 0 Å². The maximum absolute atomic E-state index is 12.4. The lowest BCUT2D eigenvalue weighted by atomic mass is 10.2. The number of sulfonamides is 1. The number of hydrogen-bond donors (Lipinski definition) is 2. The lowest BCUT2D eigenvalue weighted by Crippen LogP contribution is -2.51. The molecule has 1 saturated heterocycles. The Bertz CT molecular complexity index is 955. The van der Waals surface area contributed by atoms with Gasteiger partial charge in [-0.25, -0.2) is 21.6 Å². The van der Waals surface area contributed by atoms with Crippen LogP contribution in [-0.4, -0.2) is 70.2 Å². The molecule has 2 fully saturated rings. The summed E-state index contributed by atoms with van der Waals surface area (Å²) in [5.74, 6) is -1.02. The number of sulfone groups is 1. The number of carbonyl (C=O) groups excluding carboxylic acids is 2. The largest absolute Gasteiger partial charge is 0.341 e. The molecule has 9 nitrogen and oxygen atoms in total. The molecule has 2 aliphatic rings. The molecule has 1 aliphatic carbocycles. The number of hydrogen-bond acceptors (Lipinski definition) is 6.